The van der Waals surface area contributed by atoms with Crippen molar-refractivity contribution < 1.29 is 4.74 Å². The summed E-state index contributed by atoms with van der Waals surface area (Å²) in [5.41, 5.74) is 3.07. The average Bonchev–Trinajstić information content (AvgIpc) is 2.79. The van der Waals surface area contributed by atoms with Crippen LogP contribution >= 0.6 is 23.5 Å². The third-order valence-electron chi connectivity index (χ3n) is 3.43. The maximum absolute atomic E-state index is 5.36. The van der Waals surface area contributed by atoms with E-state index in [2.05, 4.69) is 41.7 Å². The van der Waals surface area contributed by atoms with Gasteiger partial charge in [0, 0.05) is 11.5 Å². The zero-order chi connectivity index (χ0) is 11.0. The fourth-order valence-electron chi connectivity index (χ4n) is 2.66. The van der Waals surface area contributed by atoms with Gasteiger partial charge in [0.15, 0.2) is 0 Å². The largest absolute Gasteiger partial charge is 0.497 e. The third kappa shape index (κ3) is 1.65. The number of aryl methyl sites for hydroxylation is 1. The zero-order valence-corrected chi connectivity index (χ0v) is 11.1. The number of benzene rings is 1. The van der Waals surface area contributed by atoms with E-state index in [9.17, 15) is 0 Å². The Morgan fingerprint density at radius 3 is 2.81 bits per heavy atom. The highest BCUT2D eigenvalue weighted by Gasteiger charge is 2.40. The lowest BCUT2D eigenvalue weighted by Crippen LogP contribution is -2.21. The summed E-state index contributed by atoms with van der Waals surface area (Å²) >= 11 is 4.27. The van der Waals surface area contributed by atoms with Crippen molar-refractivity contribution in [1.29, 1.82) is 0 Å². The number of hydrogen-bond acceptors (Lipinski definition) is 3. The molecule has 0 amide bonds. The van der Waals surface area contributed by atoms with Crippen LogP contribution in [0.2, 0.25) is 0 Å². The predicted molar refractivity (Wildman–Crippen MR) is 72.5 cm³/mol. The van der Waals surface area contributed by atoms with Crippen LogP contribution in [0.25, 0.3) is 0 Å². The molecule has 16 heavy (non-hydrogen) atoms. The molecule has 0 atom stereocenters. The Morgan fingerprint density at radius 1 is 1.25 bits per heavy atom. The van der Waals surface area contributed by atoms with Crippen molar-refractivity contribution in [2.75, 3.05) is 18.6 Å². The van der Waals surface area contributed by atoms with Crippen LogP contribution in [0.4, 0.5) is 0 Å². The van der Waals surface area contributed by atoms with Gasteiger partial charge < -0.3 is 4.74 Å². The van der Waals surface area contributed by atoms with Gasteiger partial charge in [-0.1, -0.05) is 6.07 Å². The summed E-state index contributed by atoms with van der Waals surface area (Å²) in [6.45, 7) is 0. The smallest absolute Gasteiger partial charge is 0.119 e. The molecule has 1 aromatic rings. The first-order valence-electron chi connectivity index (χ1n) is 5.79. The van der Waals surface area contributed by atoms with Crippen LogP contribution in [0, 0.1) is 0 Å². The number of rotatable bonds is 1. The molecule has 0 N–H and O–H groups in total. The molecular formula is C13H16OS2. The molecule has 3 rings (SSSR count). The first-order chi connectivity index (χ1) is 7.84. The standard InChI is InChI=1S/C13H16OS2/c1-14-11-5-4-10-3-2-6-13(12(10)9-11)15-7-8-16-13/h4-5,9H,2-3,6-8H2,1H3. The van der Waals surface area contributed by atoms with Gasteiger partial charge in [-0.05, 0) is 42.5 Å². The van der Waals surface area contributed by atoms with Gasteiger partial charge >= 0.3 is 0 Å². The highest BCUT2D eigenvalue weighted by Crippen LogP contribution is 2.58. The summed E-state index contributed by atoms with van der Waals surface area (Å²) in [6.07, 6.45) is 3.89. The fraction of sp³-hybridized carbons (Fsp3) is 0.538. The first-order valence-corrected chi connectivity index (χ1v) is 7.76. The van der Waals surface area contributed by atoms with Crippen molar-refractivity contribution in [1.82, 2.24) is 0 Å². The number of thioether (sulfide) groups is 2. The molecular weight excluding hydrogens is 236 g/mol. The van der Waals surface area contributed by atoms with E-state index in [-0.39, 0.29) is 0 Å². The highest BCUT2D eigenvalue weighted by molar-refractivity contribution is 8.20. The SMILES string of the molecule is COc1ccc2c(c1)C1(CCC2)SCCS1. The van der Waals surface area contributed by atoms with E-state index >= 15 is 0 Å². The number of hydrogen-bond donors (Lipinski definition) is 0. The van der Waals surface area contributed by atoms with Crippen molar-refractivity contribution in [3.63, 3.8) is 0 Å². The number of methoxy groups -OCH3 is 1. The minimum absolute atomic E-state index is 0.349. The summed E-state index contributed by atoms with van der Waals surface area (Å²) < 4.78 is 5.71. The molecule has 1 aliphatic carbocycles. The molecule has 1 saturated heterocycles. The van der Waals surface area contributed by atoms with Crippen molar-refractivity contribution in [2.45, 2.75) is 23.3 Å². The van der Waals surface area contributed by atoms with E-state index in [4.69, 9.17) is 4.74 Å². The van der Waals surface area contributed by atoms with Crippen LogP contribution in [0.15, 0.2) is 18.2 Å². The molecule has 0 unspecified atom stereocenters. The second-order valence-corrected chi connectivity index (χ2v) is 7.37. The summed E-state index contributed by atoms with van der Waals surface area (Å²) in [5, 5.41) is 0. The Morgan fingerprint density at radius 2 is 2.06 bits per heavy atom. The molecule has 0 bridgehead atoms. The van der Waals surface area contributed by atoms with Crippen LogP contribution in [0.5, 0.6) is 5.75 Å². The topological polar surface area (TPSA) is 9.23 Å². The summed E-state index contributed by atoms with van der Waals surface area (Å²) in [6, 6.07) is 6.62. The second-order valence-electron chi connectivity index (χ2n) is 4.33. The van der Waals surface area contributed by atoms with Gasteiger partial charge in [0.25, 0.3) is 0 Å². The summed E-state index contributed by atoms with van der Waals surface area (Å²) in [5.74, 6) is 3.59. The maximum Gasteiger partial charge on any atom is 0.119 e. The minimum Gasteiger partial charge on any atom is -0.497 e. The van der Waals surface area contributed by atoms with Gasteiger partial charge in [-0.25, -0.2) is 0 Å². The maximum atomic E-state index is 5.36. The Bertz CT molecular complexity index is 397. The third-order valence-corrected chi connectivity index (χ3v) is 7.00. The lowest BCUT2D eigenvalue weighted by Gasteiger charge is -2.34. The monoisotopic (exact) mass is 252 g/mol. The number of fused-ring (bicyclic) bond motifs is 2. The molecule has 3 heteroatoms. The van der Waals surface area contributed by atoms with Crippen molar-refractivity contribution in [2.24, 2.45) is 0 Å². The molecule has 0 aromatic heterocycles. The van der Waals surface area contributed by atoms with E-state index in [1.165, 1.54) is 41.9 Å². The summed E-state index contributed by atoms with van der Waals surface area (Å²) in [4.78, 5) is 0. The van der Waals surface area contributed by atoms with Crippen LogP contribution in [0.3, 0.4) is 0 Å². The van der Waals surface area contributed by atoms with Crippen LogP contribution in [-0.2, 0) is 10.5 Å². The van der Waals surface area contributed by atoms with Crippen molar-refractivity contribution in [3.8, 4) is 5.75 Å². The van der Waals surface area contributed by atoms with Gasteiger partial charge in [-0.3, -0.25) is 0 Å². The average molecular weight is 252 g/mol. The van der Waals surface area contributed by atoms with E-state index in [0.717, 1.165) is 5.75 Å². The molecule has 2 aliphatic rings. The van der Waals surface area contributed by atoms with E-state index < -0.39 is 0 Å². The van der Waals surface area contributed by atoms with E-state index in [1.807, 2.05) is 0 Å². The quantitative estimate of drug-likeness (QED) is 0.755. The molecule has 0 saturated carbocycles. The van der Waals surface area contributed by atoms with E-state index in [1.54, 1.807) is 7.11 Å². The normalized spacial score (nSPS) is 22.1. The Kier molecular flexibility index (Phi) is 2.84. The Labute approximate surface area is 105 Å². The van der Waals surface area contributed by atoms with Crippen molar-refractivity contribution >= 4 is 23.5 Å². The van der Waals surface area contributed by atoms with Gasteiger partial charge in [0.2, 0.25) is 0 Å². The van der Waals surface area contributed by atoms with Gasteiger partial charge in [0.1, 0.15) is 5.75 Å². The predicted octanol–water partition coefficient (Wildman–Crippen LogP) is 3.66. The number of ether oxygens (including phenoxy) is 1. The molecule has 86 valence electrons. The van der Waals surface area contributed by atoms with Crippen LogP contribution in [-0.4, -0.2) is 18.6 Å². The van der Waals surface area contributed by atoms with Crippen LogP contribution < -0.4 is 4.74 Å². The van der Waals surface area contributed by atoms with Gasteiger partial charge in [0.05, 0.1) is 11.2 Å². The van der Waals surface area contributed by atoms with Crippen molar-refractivity contribution in [3.05, 3.63) is 29.3 Å². The molecule has 1 aliphatic heterocycles. The molecule has 1 nitrogen and oxygen atoms in total. The minimum atomic E-state index is 0.349. The van der Waals surface area contributed by atoms with E-state index in [0.29, 0.717) is 4.08 Å². The Balaban J connectivity index is 2.08. The second kappa shape index (κ2) is 4.19. The molecule has 1 spiro atoms. The fourth-order valence-corrected chi connectivity index (χ4v) is 6.08. The lowest BCUT2D eigenvalue weighted by atomic mass is 9.90. The summed E-state index contributed by atoms with van der Waals surface area (Å²) in [7, 11) is 1.76. The van der Waals surface area contributed by atoms with Gasteiger partial charge in [-0.2, -0.15) is 0 Å². The first kappa shape index (κ1) is 10.8. The van der Waals surface area contributed by atoms with Gasteiger partial charge in [-0.15, -0.1) is 23.5 Å². The molecule has 1 aromatic carbocycles. The Hall–Kier alpha value is -0.280. The molecule has 0 radical (unpaired) electrons. The van der Waals surface area contributed by atoms with Crippen LogP contribution in [0.1, 0.15) is 24.0 Å². The lowest BCUT2D eigenvalue weighted by molar-refractivity contribution is 0.413. The molecule has 1 fully saturated rings. The molecule has 1 heterocycles. The highest BCUT2D eigenvalue weighted by atomic mass is 32.2. The zero-order valence-electron chi connectivity index (χ0n) is 9.49.